The zero-order valence-electron chi connectivity index (χ0n) is 13.5. The van der Waals surface area contributed by atoms with E-state index >= 15 is 0 Å². The summed E-state index contributed by atoms with van der Waals surface area (Å²) < 4.78 is 1.98. The first kappa shape index (κ1) is 15.6. The first-order valence-electron chi connectivity index (χ1n) is 7.93. The summed E-state index contributed by atoms with van der Waals surface area (Å²) in [6.45, 7) is 5.15. The molecular formula is C19H17Cl2N3. The molecule has 2 aromatic carbocycles. The van der Waals surface area contributed by atoms with Crippen LogP contribution in [0.15, 0.2) is 36.4 Å². The van der Waals surface area contributed by atoms with E-state index in [0.29, 0.717) is 10.0 Å². The third-order valence-electron chi connectivity index (χ3n) is 4.57. The summed E-state index contributed by atoms with van der Waals surface area (Å²) in [5.74, 6) is 1.05. The van der Waals surface area contributed by atoms with Crippen LogP contribution in [0, 0.1) is 13.8 Å². The van der Waals surface area contributed by atoms with Gasteiger partial charge >= 0.3 is 0 Å². The second-order valence-electron chi connectivity index (χ2n) is 6.16. The molecule has 2 heterocycles. The van der Waals surface area contributed by atoms with Gasteiger partial charge in [0.15, 0.2) is 0 Å². The number of aromatic nitrogens is 2. The molecule has 3 aromatic rings. The van der Waals surface area contributed by atoms with Crippen molar-refractivity contribution in [3.05, 3.63) is 63.1 Å². The van der Waals surface area contributed by atoms with Gasteiger partial charge in [-0.3, -0.25) is 0 Å². The van der Waals surface area contributed by atoms with Gasteiger partial charge in [-0.25, -0.2) is 4.68 Å². The Labute approximate surface area is 151 Å². The minimum absolute atomic E-state index is 0.627. The van der Waals surface area contributed by atoms with Gasteiger partial charge in [0.05, 0.1) is 16.4 Å². The van der Waals surface area contributed by atoms with E-state index in [1.807, 2.05) is 16.8 Å². The molecule has 0 saturated heterocycles. The van der Waals surface area contributed by atoms with Crippen molar-refractivity contribution in [2.24, 2.45) is 0 Å². The van der Waals surface area contributed by atoms with Crippen molar-refractivity contribution < 1.29 is 0 Å². The van der Waals surface area contributed by atoms with Crippen molar-refractivity contribution >= 4 is 29.0 Å². The van der Waals surface area contributed by atoms with Crippen molar-refractivity contribution in [3.8, 4) is 16.9 Å². The molecule has 0 saturated carbocycles. The molecule has 4 rings (SSSR count). The molecule has 1 aromatic heterocycles. The molecular weight excluding hydrogens is 341 g/mol. The molecule has 122 valence electrons. The smallest absolute Gasteiger partial charge is 0.133 e. The number of anilines is 1. The Hall–Kier alpha value is -1.97. The average molecular weight is 358 g/mol. The lowest BCUT2D eigenvalue weighted by Crippen LogP contribution is -2.04. The van der Waals surface area contributed by atoms with E-state index in [2.05, 4.69) is 37.4 Å². The van der Waals surface area contributed by atoms with E-state index in [9.17, 15) is 0 Å². The van der Waals surface area contributed by atoms with Crippen LogP contribution in [0.2, 0.25) is 10.0 Å². The summed E-state index contributed by atoms with van der Waals surface area (Å²) in [4.78, 5) is 0. The topological polar surface area (TPSA) is 29.9 Å². The van der Waals surface area contributed by atoms with Crippen LogP contribution in [0.25, 0.3) is 16.9 Å². The highest BCUT2D eigenvalue weighted by Crippen LogP contribution is 2.38. The van der Waals surface area contributed by atoms with Crippen molar-refractivity contribution in [1.82, 2.24) is 9.78 Å². The third-order valence-corrected chi connectivity index (χ3v) is 5.12. The lowest BCUT2D eigenvalue weighted by atomic mass is 10.1. The van der Waals surface area contributed by atoms with Crippen molar-refractivity contribution in [1.29, 1.82) is 0 Å². The summed E-state index contributed by atoms with van der Waals surface area (Å²) in [5.41, 5.74) is 6.63. The Balaban J connectivity index is 1.90. The van der Waals surface area contributed by atoms with Crippen LogP contribution in [0.4, 0.5) is 5.82 Å². The molecule has 0 spiro atoms. The monoisotopic (exact) mass is 357 g/mol. The maximum atomic E-state index is 6.41. The number of nitrogens with one attached hydrogen (secondary N) is 1. The van der Waals surface area contributed by atoms with Gasteiger partial charge in [-0.1, -0.05) is 29.3 Å². The van der Waals surface area contributed by atoms with E-state index in [0.717, 1.165) is 35.7 Å². The molecule has 3 nitrogen and oxygen atoms in total. The van der Waals surface area contributed by atoms with E-state index < -0.39 is 0 Å². The summed E-state index contributed by atoms with van der Waals surface area (Å²) in [5, 5.41) is 9.57. The minimum atomic E-state index is 0.627. The van der Waals surface area contributed by atoms with Gasteiger partial charge in [0.2, 0.25) is 0 Å². The van der Waals surface area contributed by atoms with Crippen LogP contribution in [0.3, 0.4) is 0 Å². The second-order valence-corrected chi connectivity index (χ2v) is 7.00. The second kappa shape index (κ2) is 5.83. The Bertz CT molecular complexity index is 944. The number of fused-ring (bicyclic) bond motifs is 1. The van der Waals surface area contributed by atoms with E-state index in [1.165, 1.54) is 16.7 Å². The normalized spacial score (nSPS) is 13.0. The Kier molecular flexibility index (Phi) is 3.78. The fourth-order valence-electron chi connectivity index (χ4n) is 3.12. The van der Waals surface area contributed by atoms with Gasteiger partial charge in [0.25, 0.3) is 0 Å². The molecule has 0 bridgehead atoms. The number of rotatable bonds is 2. The predicted octanol–water partition coefficient (Wildman–Crippen LogP) is 5.43. The highest BCUT2D eigenvalue weighted by atomic mass is 35.5. The van der Waals surface area contributed by atoms with Crippen molar-refractivity contribution in [2.75, 3.05) is 11.9 Å². The molecule has 0 aliphatic carbocycles. The van der Waals surface area contributed by atoms with Crippen molar-refractivity contribution in [2.45, 2.75) is 20.3 Å². The first-order valence-corrected chi connectivity index (χ1v) is 8.69. The molecule has 0 atom stereocenters. The zero-order chi connectivity index (χ0) is 16.8. The van der Waals surface area contributed by atoms with Crippen LogP contribution in [0.5, 0.6) is 0 Å². The van der Waals surface area contributed by atoms with E-state index in [-0.39, 0.29) is 0 Å². The van der Waals surface area contributed by atoms with Gasteiger partial charge in [-0.15, -0.1) is 0 Å². The summed E-state index contributed by atoms with van der Waals surface area (Å²) in [6.07, 6.45) is 0.939. The molecule has 0 amide bonds. The number of hydrogen-bond acceptors (Lipinski definition) is 2. The molecule has 0 radical (unpaired) electrons. The van der Waals surface area contributed by atoms with Crippen LogP contribution in [-0.2, 0) is 6.42 Å². The molecule has 1 aliphatic rings. The first-order chi connectivity index (χ1) is 11.5. The molecule has 5 heteroatoms. The largest absolute Gasteiger partial charge is 0.369 e. The van der Waals surface area contributed by atoms with Crippen LogP contribution in [-0.4, -0.2) is 16.3 Å². The maximum Gasteiger partial charge on any atom is 0.133 e. The quantitative estimate of drug-likeness (QED) is 0.662. The van der Waals surface area contributed by atoms with E-state index in [1.54, 1.807) is 6.07 Å². The summed E-state index contributed by atoms with van der Waals surface area (Å²) in [7, 11) is 0. The Morgan fingerprint density at radius 3 is 2.62 bits per heavy atom. The van der Waals surface area contributed by atoms with Crippen LogP contribution in [0.1, 0.15) is 16.7 Å². The van der Waals surface area contributed by atoms with Gasteiger partial charge in [0, 0.05) is 22.7 Å². The number of hydrogen-bond donors (Lipinski definition) is 1. The number of halogens is 2. The van der Waals surface area contributed by atoms with Crippen LogP contribution < -0.4 is 5.32 Å². The number of benzene rings is 2. The number of aryl methyl sites for hydroxylation is 2. The molecule has 1 aliphatic heterocycles. The third kappa shape index (κ3) is 2.48. The predicted molar refractivity (Wildman–Crippen MR) is 101 cm³/mol. The summed E-state index contributed by atoms with van der Waals surface area (Å²) >= 11 is 12.4. The molecule has 0 fully saturated rings. The van der Waals surface area contributed by atoms with Gasteiger partial charge in [-0.2, -0.15) is 5.10 Å². The SMILES string of the molecule is Cc1ccc(-n2nc(-c3ccc(Cl)cc3Cl)c3c2NCC3)cc1C. The lowest BCUT2D eigenvalue weighted by Gasteiger charge is -2.09. The lowest BCUT2D eigenvalue weighted by molar-refractivity contribution is 0.880. The molecule has 24 heavy (non-hydrogen) atoms. The number of nitrogens with zero attached hydrogens (tertiary/aromatic N) is 2. The Morgan fingerprint density at radius 2 is 1.88 bits per heavy atom. The minimum Gasteiger partial charge on any atom is -0.369 e. The van der Waals surface area contributed by atoms with Gasteiger partial charge < -0.3 is 5.32 Å². The van der Waals surface area contributed by atoms with Crippen molar-refractivity contribution in [3.63, 3.8) is 0 Å². The van der Waals surface area contributed by atoms with Gasteiger partial charge in [0.1, 0.15) is 5.82 Å². The Morgan fingerprint density at radius 1 is 1.04 bits per heavy atom. The molecule has 1 N–H and O–H groups in total. The maximum absolute atomic E-state index is 6.41. The zero-order valence-corrected chi connectivity index (χ0v) is 15.0. The van der Waals surface area contributed by atoms with Gasteiger partial charge in [-0.05, 0) is 61.7 Å². The average Bonchev–Trinajstić information content (AvgIpc) is 3.13. The summed E-state index contributed by atoms with van der Waals surface area (Å²) in [6, 6.07) is 12.0. The standard InChI is InChI=1S/C19H17Cl2N3/c1-11-3-5-14(9-12(11)2)24-19-16(7-8-22-19)18(23-24)15-6-4-13(20)10-17(15)21/h3-6,9-10,22H,7-8H2,1-2H3. The van der Waals surface area contributed by atoms with Crippen LogP contribution >= 0.6 is 23.2 Å². The highest BCUT2D eigenvalue weighted by Gasteiger charge is 2.25. The fraction of sp³-hybridized carbons (Fsp3) is 0.211. The van der Waals surface area contributed by atoms with E-state index in [4.69, 9.17) is 28.3 Å². The fourth-order valence-corrected chi connectivity index (χ4v) is 3.61. The molecule has 0 unspecified atom stereocenters. The highest BCUT2D eigenvalue weighted by molar-refractivity contribution is 6.36.